The van der Waals surface area contributed by atoms with Crippen LogP contribution in [0, 0.1) is 5.82 Å². The maximum Gasteiger partial charge on any atom is 0.127 e. The minimum Gasteiger partial charge on any atom is -0.497 e. The molecule has 0 aromatic heterocycles. The van der Waals surface area contributed by atoms with Gasteiger partial charge in [-0.3, -0.25) is 0 Å². The Labute approximate surface area is 112 Å². The van der Waals surface area contributed by atoms with Gasteiger partial charge in [0, 0.05) is 17.9 Å². The molecule has 0 aliphatic carbocycles. The van der Waals surface area contributed by atoms with Crippen molar-refractivity contribution >= 4 is 11.4 Å². The van der Waals surface area contributed by atoms with Crippen LogP contribution in [0.3, 0.4) is 0 Å². The predicted molar refractivity (Wildman–Crippen MR) is 76.0 cm³/mol. The van der Waals surface area contributed by atoms with Crippen LogP contribution >= 0.6 is 0 Å². The fraction of sp³-hybridized carbons (Fsp3) is 0.200. The number of ether oxygens (including phenoxy) is 1. The van der Waals surface area contributed by atoms with Crippen molar-refractivity contribution in [1.29, 1.82) is 0 Å². The topological polar surface area (TPSA) is 47.3 Å². The highest BCUT2D eigenvalue weighted by molar-refractivity contribution is 5.54. The van der Waals surface area contributed by atoms with Crippen molar-refractivity contribution in [2.45, 2.75) is 6.42 Å². The van der Waals surface area contributed by atoms with Gasteiger partial charge in [-0.05, 0) is 42.3 Å². The van der Waals surface area contributed by atoms with Crippen molar-refractivity contribution in [3.63, 3.8) is 0 Å². The molecular formula is C15H17FN2O. The summed E-state index contributed by atoms with van der Waals surface area (Å²) in [6.07, 6.45) is 0.827. The lowest BCUT2D eigenvalue weighted by molar-refractivity contribution is 0.414. The van der Waals surface area contributed by atoms with E-state index in [1.807, 2.05) is 24.3 Å². The Bertz CT molecular complexity index is 537. The van der Waals surface area contributed by atoms with Gasteiger partial charge < -0.3 is 15.8 Å². The number of hydrogen-bond acceptors (Lipinski definition) is 3. The van der Waals surface area contributed by atoms with Crippen molar-refractivity contribution in [2.75, 3.05) is 24.7 Å². The van der Waals surface area contributed by atoms with Crippen LogP contribution in [0.4, 0.5) is 15.8 Å². The SMILES string of the molecule is COc1cccc(CCNc2cc(N)cc(F)c2)c1. The van der Waals surface area contributed by atoms with E-state index in [4.69, 9.17) is 10.5 Å². The number of hydrogen-bond donors (Lipinski definition) is 2. The summed E-state index contributed by atoms with van der Waals surface area (Å²) in [6.45, 7) is 0.704. The summed E-state index contributed by atoms with van der Waals surface area (Å²) in [4.78, 5) is 0. The Morgan fingerprint density at radius 1 is 1.21 bits per heavy atom. The van der Waals surface area contributed by atoms with E-state index < -0.39 is 0 Å². The van der Waals surface area contributed by atoms with Crippen LogP contribution in [-0.2, 0) is 6.42 Å². The molecule has 2 aromatic rings. The zero-order valence-electron chi connectivity index (χ0n) is 10.8. The number of methoxy groups -OCH3 is 1. The molecule has 0 radical (unpaired) electrons. The van der Waals surface area contributed by atoms with Crippen LogP contribution in [0.15, 0.2) is 42.5 Å². The first kappa shape index (κ1) is 13.2. The average Bonchev–Trinajstić information content (AvgIpc) is 2.38. The monoisotopic (exact) mass is 260 g/mol. The van der Waals surface area contributed by atoms with Crippen molar-refractivity contribution in [3.8, 4) is 5.75 Å². The van der Waals surface area contributed by atoms with E-state index in [0.29, 0.717) is 17.9 Å². The molecule has 0 heterocycles. The van der Waals surface area contributed by atoms with Gasteiger partial charge in [-0.25, -0.2) is 4.39 Å². The molecule has 100 valence electrons. The lowest BCUT2D eigenvalue weighted by Gasteiger charge is -2.08. The number of benzene rings is 2. The third kappa shape index (κ3) is 3.88. The van der Waals surface area contributed by atoms with E-state index in [2.05, 4.69) is 5.32 Å². The summed E-state index contributed by atoms with van der Waals surface area (Å²) < 4.78 is 18.3. The lowest BCUT2D eigenvalue weighted by atomic mass is 10.1. The molecule has 0 aliphatic rings. The Morgan fingerprint density at radius 2 is 2.05 bits per heavy atom. The molecule has 0 amide bonds. The van der Waals surface area contributed by atoms with E-state index in [-0.39, 0.29) is 5.82 Å². The molecule has 3 N–H and O–H groups in total. The summed E-state index contributed by atoms with van der Waals surface area (Å²) >= 11 is 0. The summed E-state index contributed by atoms with van der Waals surface area (Å²) in [6, 6.07) is 12.3. The van der Waals surface area contributed by atoms with Crippen LogP contribution in [0.5, 0.6) is 5.75 Å². The van der Waals surface area contributed by atoms with Crippen LogP contribution in [-0.4, -0.2) is 13.7 Å². The third-order valence-electron chi connectivity index (χ3n) is 2.80. The molecule has 3 nitrogen and oxygen atoms in total. The molecule has 0 saturated heterocycles. The standard InChI is InChI=1S/C15H17FN2O/c1-19-15-4-2-3-11(7-15)5-6-18-14-9-12(16)8-13(17)10-14/h2-4,7-10,18H,5-6,17H2,1H3. The van der Waals surface area contributed by atoms with Crippen LogP contribution in [0.1, 0.15) is 5.56 Å². The van der Waals surface area contributed by atoms with Crippen molar-refractivity contribution in [3.05, 3.63) is 53.8 Å². The number of nitrogens with one attached hydrogen (secondary N) is 1. The van der Waals surface area contributed by atoms with E-state index in [1.54, 1.807) is 13.2 Å². The smallest absolute Gasteiger partial charge is 0.127 e. The van der Waals surface area contributed by atoms with Crippen LogP contribution in [0.2, 0.25) is 0 Å². The van der Waals surface area contributed by atoms with Gasteiger partial charge in [0.1, 0.15) is 11.6 Å². The molecule has 0 atom stereocenters. The minimum absolute atomic E-state index is 0.330. The molecule has 19 heavy (non-hydrogen) atoms. The highest BCUT2D eigenvalue weighted by Gasteiger charge is 1.99. The zero-order chi connectivity index (χ0) is 13.7. The molecule has 0 unspecified atom stereocenters. The van der Waals surface area contributed by atoms with Crippen molar-refractivity contribution in [2.24, 2.45) is 0 Å². The Balaban J connectivity index is 1.92. The van der Waals surface area contributed by atoms with Gasteiger partial charge in [0.25, 0.3) is 0 Å². The first-order valence-corrected chi connectivity index (χ1v) is 6.10. The molecule has 0 saturated carbocycles. The third-order valence-corrected chi connectivity index (χ3v) is 2.80. The second-order valence-corrected chi connectivity index (χ2v) is 4.30. The number of nitrogens with two attached hydrogens (primary N) is 1. The Kier molecular flexibility index (Phi) is 4.23. The molecule has 4 heteroatoms. The fourth-order valence-electron chi connectivity index (χ4n) is 1.89. The van der Waals surface area contributed by atoms with Gasteiger partial charge in [-0.15, -0.1) is 0 Å². The number of nitrogen functional groups attached to an aromatic ring is 1. The van der Waals surface area contributed by atoms with Gasteiger partial charge in [0.15, 0.2) is 0 Å². The first-order chi connectivity index (χ1) is 9.17. The molecule has 2 rings (SSSR count). The van der Waals surface area contributed by atoms with Crippen molar-refractivity contribution < 1.29 is 9.13 Å². The van der Waals surface area contributed by atoms with E-state index >= 15 is 0 Å². The average molecular weight is 260 g/mol. The summed E-state index contributed by atoms with van der Waals surface area (Å²) in [5, 5.41) is 3.15. The fourth-order valence-corrected chi connectivity index (χ4v) is 1.89. The van der Waals surface area contributed by atoms with E-state index in [9.17, 15) is 4.39 Å². The molecule has 2 aromatic carbocycles. The summed E-state index contributed by atoms with van der Waals surface area (Å²) in [5.74, 6) is 0.511. The van der Waals surface area contributed by atoms with E-state index in [0.717, 1.165) is 17.7 Å². The maximum atomic E-state index is 13.1. The number of anilines is 2. The van der Waals surface area contributed by atoms with Gasteiger partial charge in [-0.2, -0.15) is 0 Å². The predicted octanol–water partition coefficient (Wildman–Crippen LogP) is 3.07. The molecule has 0 bridgehead atoms. The van der Waals surface area contributed by atoms with Gasteiger partial charge >= 0.3 is 0 Å². The van der Waals surface area contributed by atoms with Gasteiger partial charge in [0.2, 0.25) is 0 Å². The molecule has 0 spiro atoms. The second-order valence-electron chi connectivity index (χ2n) is 4.30. The Hall–Kier alpha value is -2.23. The van der Waals surface area contributed by atoms with Gasteiger partial charge in [0.05, 0.1) is 7.11 Å². The number of rotatable bonds is 5. The molecule has 0 fully saturated rings. The van der Waals surface area contributed by atoms with Crippen LogP contribution in [0.25, 0.3) is 0 Å². The summed E-state index contributed by atoms with van der Waals surface area (Å²) in [7, 11) is 1.65. The minimum atomic E-state index is -0.330. The first-order valence-electron chi connectivity index (χ1n) is 6.10. The maximum absolute atomic E-state index is 13.1. The quantitative estimate of drug-likeness (QED) is 0.812. The van der Waals surface area contributed by atoms with Gasteiger partial charge in [-0.1, -0.05) is 12.1 Å². The normalized spacial score (nSPS) is 10.2. The highest BCUT2D eigenvalue weighted by atomic mass is 19.1. The van der Waals surface area contributed by atoms with Crippen molar-refractivity contribution in [1.82, 2.24) is 0 Å². The molecular weight excluding hydrogens is 243 g/mol. The zero-order valence-corrected chi connectivity index (χ0v) is 10.8. The summed E-state index contributed by atoms with van der Waals surface area (Å²) in [5.41, 5.74) is 7.86. The lowest BCUT2D eigenvalue weighted by Crippen LogP contribution is -2.05. The molecule has 0 aliphatic heterocycles. The number of halogens is 1. The Morgan fingerprint density at radius 3 is 2.79 bits per heavy atom. The van der Waals surface area contributed by atoms with Crippen LogP contribution < -0.4 is 15.8 Å². The van der Waals surface area contributed by atoms with E-state index in [1.165, 1.54) is 12.1 Å². The second kappa shape index (κ2) is 6.09. The largest absolute Gasteiger partial charge is 0.497 e. The highest BCUT2D eigenvalue weighted by Crippen LogP contribution is 2.16.